The zero-order valence-electron chi connectivity index (χ0n) is 13.2. The summed E-state index contributed by atoms with van der Waals surface area (Å²) in [4.78, 5) is 6.30. The van der Waals surface area contributed by atoms with Gasteiger partial charge in [-0.3, -0.25) is 4.90 Å². The summed E-state index contributed by atoms with van der Waals surface area (Å²) in [6, 6.07) is 9.15. The van der Waals surface area contributed by atoms with E-state index in [1.165, 1.54) is 27.7 Å². The number of aromatic nitrogens is 1. The second-order valence-corrected chi connectivity index (χ2v) is 6.61. The second-order valence-electron chi connectivity index (χ2n) is 6.61. The average molecular weight is 296 g/mol. The third-order valence-corrected chi connectivity index (χ3v) is 5.54. The Morgan fingerprint density at radius 1 is 1.36 bits per heavy atom. The van der Waals surface area contributed by atoms with E-state index in [1.54, 1.807) is 0 Å². The van der Waals surface area contributed by atoms with E-state index in [0.29, 0.717) is 12.0 Å². The first-order valence-electron chi connectivity index (χ1n) is 8.41. The number of H-pyrrole nitrogens is 1. The van der Waals surface area contributed by atoms with Crippen LogP contribution in [0.15, 0.2) is 35.9 Å². The SMILES string of the molecule is C/C=C1\CN2CCc3c([nH]c4ccccc34)[C@@H]2C[C@H]1CCO. The van der Waals surface area contributed by atoms with E-state index >= 15 is 0 Å². The lowest BCUT2D eigenvalue weighted by atomic mass is 9.80. The molecule has 2 aliphatic rings. The van der Waals surface area contributed by atoms with Crippen molar-refractivity contribution in [3.63, 3.8) is 0 Å². The van der Waals surface area contributed by atoms with Gasteiger partial charge >= 0.3 is 0 Å². The Morgan fingerprint density at radius 2 is 2.23 bits per heavy atom. The summed E-state index contributed by atoms with van der Waals surface area (Å²) < 4.78 is 0. The first kappa shape index (κ1) is 14.0. The average Bonchev–Trinajstić information content (AvgIpc) is 2.93. The van der Waals surface area contributed by atoms with Gasteiger partial charge in [-0.05, 0) is 43.7 Å². The van der Waals surface area contributed by atoms with Gasteiger partial charge in [-0.2, -0.15) is 0 Å². The Labute approximate surface area is 131 Å². The Bertz CT molecular complexity index is 715. The van der Waals surface area contributed by atoms with Gasteiger partial charge in [0, 0.05) is 36.3 Å². The van der Waals surface area contributed by atoms with Crippen molar-refractivity contribution in [2.75, 3.05) is 19.7 Å². The van der Waals surface area contributed by atoms with Crippen LogP contribution >= 0.6 is 0 Å². The number of benzene rings is 1. The van der Waals surface area contributed by atoms with Crippen molar-refractivity contribution in [1.29, 1.82) is 0 Å². The molecule has 0 amide bonds. The van der Waals surface area contributed by atoms with Crippen molar-refractivity contribution in [2.45, 2.75) is 32.2 Å². The Kier molecular flexibility index (Phi) is 3.55. The molecular weight excluding hydrogens is 272 g/mol. The Morgan fingerprint density at radius 3 is 3.05 bits per heavy atom. The maximum absolute atomic E-state index is 9.39. The maximum atomic E-state index is 9.39. The van der Waals surface area contributed by atoms with Gasteiger partial charge < -0.3 is 10.1 Å². The van der Waals surface area contributed by atoms with Gasteiger partial charge in [-0.15, -0.1) is 0 Å². The topological polar surface area (TPSA) is 39.3 Å². The molecule has 116 valence electrons. The molecule has 0 spiro atoms. The molecule has 0 bridgehead atoms. The van der Waals surface area contributed by atoms with E-state index in [4.69, 9.17) is 0 Å². The van der Waals surface area contributed by atoms with Gasteiger partial charge in [0.25, 0.3) is 0 Å². The Hall–Kier alpha value is -1.58. The van der Waals surface area contributed by atoms with Gasteiger partial charge in [0.15, 0.2) is 0 Å². The van der Waals surface area contributed by atoms with Crippen LogP contribution in [0.1, 0.15) is 37.1 Å². The van der Waals surface area contributed by atoms with Crippen LogP contribution in [0.4, 0.5) is 0 Å². The predicted octanol–water partition coefficient (Wildman–Crippen LogP) is 3.42. The van der Waals surface area contributed by atoms with Crippen LogP contribution in [-0.2, 0) is 6.42 Å². The molecule has 1 saturated heterocycles. The normalized spacial score (nSPS) is 27.1. The van der Waals surface area contributed by atoms with Gasteiger partial charge in [0.05, 0.1) is 6.04 Å². The van der Waals surface area contributed by atoms with E-state index in [1.807, 2.05) is 0 Å². The first-order chi connectivity index (χ1) is 10.8. The minimum Gasteiger partial charge on any atom is -0.396 e. The lowest BCUT2D eigenvalue weighted by molar-refractivity contribution is 0.126. The highest BCUT2D eigenvalue weighted by atomic mass is 16.3. The molecule has 22 heavy (non-hydrogen) atoms. The van der Waals surface area contributed by atoms with Crippen molar-refractivity contribution in [3.8, 4) is 0 Å². The highest BCUT2D eigenvalue weighted by Crippen LogP contribution is 2.43. The molecule has 1 aromatic heterocycles. The van der Waals surface area contributed by atoms with E-state index < -0.39 is 0 Å². The fraction of sp³-hybridized carbons (Fsp3) is 0.474. The minimum atomic E-state index is 0.286. The summed E-state index contributed by atoms with van der Waals surface area (Å²) in [7, 11) is 0. The summed E-state index contributed by atoms with van der Waals surface area (Å²) in [5.74, 6) is 0.522. The zero-order valence-corrected chi connectivity index (χ0v) is 13.2. The van der Waals surface area contributed by atoms with Crippen molar-refractivity contribution < 1.29 is 5.11 Å². The molecule has 4 rings (SSSR count). The first-order valence-corrected chi connectivity index (χ1v) is 8.41. The second kappa shape index (κ2) is 5.56. The van der Waals surface area contributed by atoms with Gasteiger partial charge in [0.1, 0.15) is 0 Å². The monoisotopic (exact) mass is 296 g/mol. The number of para-hydroxylation sites is 1. The largest absolute Gasteiger partial charge is 0.396 e. The van der Waals surface area contributed by atoms with Crippen molar-refractivity contribution in [3.05, 3.63) is 47.2 Å². The number of fused-ring (bicyclic) bond motifs is 5. The van der Waals surface area contributed by atoms with Crippen LogP contribution in [0.25, 0.3) is 10.9 Å². The lowest BCUT2D eigenvalue weighted by Crippen LogP contribution is -2.42. The maximum Gasteiger partial charge on any atom is 0.0510 e. The highest BCUT2D eigenvalue weighted by Gasteiger charge is 2.36. The number of aliphatic hydroxyl groups is 1. The van der Waals surface area contributed by atoms with Crippen LogP contribution in [0.2, 0.25) is 0 Å². The summed E-state index contributed by atoms with van der Waals surface area (Å²) in [6.45, 7) is 4.62. The number of aromatic amines is 1. The molecule has 2 atom stereocenters. The van der Waals surface area contributed by atoms with Crippen molar-refractivity contribution >= 4 is 10.9 Å². The lowest BCUT2D eigenvalue weighted by Gasteiger charge is -2.43. The molecule has 0 unspecified atom stereocenters. The third kappa shape index (κ3) is 2.11. The van der Waals surface area contributed by atoms with E-state index in [2.05, 4.69) is 47.1 Å². The fourth-order valence-corrected chi connectivity index (χ4v) is 4.40. The standard InChI is InChI=1S/C19H24N2O/c1-2-13-12-21-9-7-16-15-5-3-4-6-17(15)20-19(16)18(21)11-14(13)8-10-22/h2-6,14,18,20,22H,7-12H2,1H3/b13-2+/t14-,18+/m1/s1. The number of hydrogen-bond acceptors (Lipinski definition) is 2. The molecule has 3 nitrogen and oxygen atoms in total. The molecule has 2 aliphatic heterocycles. The number of rotatable bonds is 2. The Balaban J connectivity index is 1.74. The molecule has 0 aliphatic carbocycles. The van der Waals surface area contributed by atoms with Gasteiger partial charge in [-0.1, -0.05) is 29.8 Å². The van der Waals surface area contributed by atoms with Crippen LogP contribution in [0.5, 0.6) is 0 Å². The number of nitrogens with zero attached hydrogens (tertiary/aromatic N) is 1. The molecule has 0 saturated carbocycles. The van der Waals surface area contributed by atoms with E-state index in [0.717, 1.165) is 32.4 Å². The molecule has 3 heteroatoms. The van der Waals surface area contributed by atoms with Gasteiger partial charge in [-0.25, -0.2) is 0 Å². The predicted molar refractivity (Wildman–Crippen MR) is 89.9 cm³/mol. The van der Waals surface area contributed by atoms with E-state index in [9.17, 15) is 5.11 Å². The number of nitrogens with one attached hydrogen (secondary N) is 1. The third-order valence-electron chi connectivity index (χ3n) is 5.54. The van der Waals surface area contributed by atoms with Crippen molar-refractivity contribution in [1.82, 2.24) is 9.88 Å². The molecular formula is C19H24N2O. The molecule has 1 aromatic carbocycles. The number of hydrogen-bond donors (Lipinski definition) is 2. The number of piperidine rings is 1. The van der Waals surface area contributed by atoms with Crippen LogP contribution in [-0.4, -0.2) is 34.7 Å². The molecule has 2 N–H and O–H groups in total. The van der Waals surface area contributed by atoms with Gasteiger partial charge in [0.2, 0.25) is 0 Å². The summed E-state index contributed by atoms with van der Waals surface area (Å²) in [5, 5.41) is 10.8. The molecule has 0 radical (unpaired) electrons. The zero-order chi connectivity index (χ0) is 15.1. The summed E-state index contributed by atoms with van der Waals surface area (Å²) in [5.41, 5.74) is 5.71. The quantitative estimate of drug-likeness (QED) is 0.834. The number of allylic oxidation sites excluding steroid dienone is 1. The van der Waals surface area contributed by atoms with Crippen LogP contribution < -0.4 is 0 Å². The smallest absolute Gasteiger partial charge is 0.0510 e. The summed E-state index contributed by atoms with van der Waals surface area (Å²) in [6.07, 6.45) is 5.41. The molecule has 3 heterocycles. The number of aliphatic hydroxyl groups excluding tert-OH is 1. The van der Waals surface area contributed by atoms with Crippen LogP contribution in [0.3, 0.4) is 0 Å². The van der Waals surface area contributed by atoms with Crippen LogP contribution in [0, 0.1) is 5.92 Å². The van der Waals surface area contributed by atoms with E-state index in [-0.39, 0.29) is 6.61 Å². The minimum absolute atomic E-state index is 0.286. The summed E-state index contributed by atoms with van der Waals surface area (Å²) >= 11 is 0. The fourth-order valence-electron chi connectivity index (χ4n) is 4.40. The molecule has 1 fully saturated rings. The highest BCUT2D eigenvalue weighted by molar-refractivity contribution is 5.85. The molecule has 2 aromatic rings. The van der Waals surface area contributed by atoms with Crippen molar-refractivity contribution in [2.24, 2.45) is 5.92 Å².